The lowest BCUT2D eigenvalue weighted by Gasteiger charge is -2.41. The van der Waals surface area contributed by atoms with Gasteiger partial charge < -0.3 is 82.0 Å². The Morgan fingerprint density at radius 3 is 1.81 bits per heavy atom. The number of H-pyrrole nitrogens is 1. The number of imidazole rings is 1. The number of anilines is 1. The number of carboxylic acids is 2. The van der Waals surface area contributed by atoms with Crippen LogP contribution in [0.1, 0.15) is 53.4 Å². The predicted molar refractivity (Wildman–Crippen MR) is 228 cm³/mol. The first-order chi connectivity index (χ1) is 33.5. The number of carbonyl (C=O) groups is 4. The van der Waals surface area contributed by atoms with E-state index in [4.69, 9.17) is 25.5 Å². The van der Waals surface area contributed by atoms with Crippen LogP contribution in [0, 0.1) is 0 Å². The number of benzene rings is 1. The van der Waals surface area contributed by atoms with Gasteiger partial charge in [-0.25, -0.2) is 23.9 Å². The zero-order valence-corrected chi connectivity index (χ0v) is 38.2. The highest BCUT2D eigenvalue weighted by atomic mass is 19.4. The Hall–Kier alpha value is -5.94. The molecule has 0 spiro atoms. The summed E-state index contributed by atoms with van der Waals surface area (Å²) in [5.41, 5.74) is 8.74. The average molecular weight is 1050 g/mol. The van der Waals surface area contributed by atoms with Crippen LogP contribution in [0.15, 0.2) is 24.4 Å². The Morgan fingerprint density at radius 1 is 0.861 bits per heavy atom. The number of carbonyl (C=O) groups excluding carboxylic acids is 3. The summed E-state index contributed by atoms with van der Waals surface area (Å²) >= 11 is 0. The number of amides is 2. The molecule has 1 aromatic carbocycles. The summed E-state index contributed by atoms with van der Waals surface area (Å²) in [7, 11) is 0. The average Bonchev–Trinajstić information content (AvgIpc) is 3.93. The minimum absolute atomic E-state index is 0.0354. The van der Waals surface area contributed by atoms with Gasteiger partial charge in [-0.1, -0.05) is 0 Å². The van der Waals surface area contributed by atoms with Crippen molar-refractivity contribution in [1.29, 1.82) is 0 Å². The predicted octanol–water partition coefficient (Wildman–Crippen LogP) is -5.14. The van der Waals surface area contributed by atoms with Crippen molar-refractivity contribution >= 4 is 51.8 Å². The largest absolute Gasteiger partial charge is 0.542 e. The Kier molecular flexibility index (Phi) is 21.9. The number of nitrogens with zero attached hydrogens (tertiary/aromatic N) is 7. The minimum atomic E-state index is -5.19. The van der Waals surface area contributed by atoms with E-state index in [1.165, 1.54) is 11.1 Å². The number of aromatic nitrogens is 6. The first-order valence-corrected chi connectivity index (χ1v) is 21.6. The number of aliphatic carboxylic acids is 2. The number of aliphatic hydroxyl groups is 10. The van der Waals surface area contributed by atoms with Crippen LogP contribution in [0.3, 0.4) is 0 Å². The Labute approximate surface area is 402 Å². The van der Waals surface area contributed by atoms with Crippen molar-refractivity contribution in [2.75, 3.05) is 45.1 Å². The van der Waals surface area contributed by atoms with Crippen LogP contribution in [0.5, 0.6) is 0 Å². The van der Waals surface area contributed by atoms with Gasteiger partial charge in [-0.05, 0) is 38.8 Å². The highest BCUT2D eigenvalue weighted by molar-refractivity contribution is 5.98. The molecule has 5 rings (SSSR count). The third-order valence-electron chi connectivity index (χ3n) is 11.2. The molecule has 15 N–H and O–H groups in total. The SMILES string of the molecule is CCn1c(CNC(=O)c2nc3cn[nH]c3nc2N)[n+](CC)c2ccc(C(=O)N3CCC(N(C[C@H](O)[C@@H](O)[C@H](O)[C@H](O)CO)C[C@H](O)[C@@H](O)[C@H](O)[C@H](O)CO)CC3)cc21.O=C(O)C(F)(F)F.O=C([O-])C(F)(F)F. The number of nitrogen functional groups attached to an aromatic ring is 1. The van der Waals surface area contributed by atoms with Crippen molar-refractivity contribution in [2.45, 2.75) is 114 Å². The number of rotatable bonds is 19. The number of likely N-dealkylation sites (tertiary alicyclic amines) is 1. The van der Waals surface area contributed by atoms with Crippen LogP contribution in [0.4, 0.5) is 32.2 Å². The van der Waals surface area contributed by atoms with Gasteiger partial charge in [0, 0.05) is 43.9 Å². The Bertz CT molecular complexity index is 2380. The number of hydrogen-bond donors (Lipinski definition) is 14. The van der Waals surface area contributed by atoms with Gasteiger partial charge in [0.05, 0.1) is 44.7 Å². The molecule has 1 saturated heterocycles. The number of alkyl halides is 6. The first-order valence-electron chi connectivity index (χ1n) is 21.6. The van der Waals surface area contributed by atoms with Gasteiger partial charge in [0.15, 0.2) is 28.2 Å². The van der Waals surface area contributed by atoms with Gasteiger partial charge in [0.1, 0.15) is 54.7 Å². The number of nitrogens with one attached hydrogen (secondary N) is 2. The third kappa shape index (κ3) is 15.5. The first kappa shape index (κ1) is 60.4. The molecule has 1 fully saturated rings. The maximum atomic E-state index is 13.9. The molecule has 0 bridgehead atoms. The monoisotopic (exact) mass is 1050 g/mol. The van der Waals surface area contributed by atoms with E-state index in [1.54, 1.807) is 17.0 Å². The number of nitrogens with two attached hydrogens (primary N) is 1. The van der Waals surface area contributed by atoms with E-state index in [0.29, 0.717) is 42.7 Å². The zero-order chi connectivity index (χ0) is 54.6. The molecule has 4 aromatic rings. The standard InChI is InChI=1S/C36H54N10O12.2C2HF3O2/c1-3-45-21-6-5-18(11-22(21)46(4-2)27(45)13-38-35(57)28-33(37)41-34-20(40-28)12-39-42-34)36(58)43-9-7-19(8-10-43)44(14-23(49)29(53)31(55)25(51)16-47)15-24(50)30(54)32(56)26(52)17-48;2*3-2(4,5)1(6)7/h5-6,11-12,19,23-26,29-32,47-56H,3-4,7-10,13-17H2,1-2H3,(H3-,37,38,39,40,41,42,57);2*(H,6,7)/t23-,24-,25+,26+,29+,30+,31+,32+;;/m0../s1. The lowest BCUT2D eigenvalue weighted by molar-refractivity contribution is -0.676. The Morgan fingerprint density at radius 2 is 1.36 bits per heavy atom. The van der Waals surface area contributed by atoms with Crippen LogP contribution in [-0.2, 0) is 29.2 Å². The van der Waals surface area contributed by atoms with E-state index in [2.05, 4.69) is 25.5 Å². The summed E-state index contributed by atoms with van der Waals surface area (Å²) in [5, 5.41) is 126. The van der Waals surface area contributed by atoms with Gasteiger partial charge in [-0.2, -0.15) is 31.4 Å². The van der Waals surface area contributed by atoms with Crippen molar-refractivity contribution < 1.29 is 111 Å². The van der Waals surface area contributed by atoms with E-state index >= 15 is 0 Å². The normalized spacial score (nSPS) is 16.9. The molecule has 32 heteroatoms. The molecule has 0 aliphatic carbocycles. The second kappa shape index (κ2) is 26.1. The maximum absolute atomic E-state index is 13.9. The maximum Gasteiger partial charge on any atom is 0.490 e. The van der Waals surface area contributed by atoms with E-state index < -0.39 is 111 Å². The highest BCUT2D eigenvalue weighted by Gasteiger charge is 2.39. The minimum Gasteiger partial charge on any atom is -0.542 e. The molecule has 72 heavy (non-hydrogen) atoms. The summed E-state index contributed by atoms with van der Waals surface area (Å²) < 4.78 is 67.3. The van der Waals surface area contributed by atoms with Crippen LogP contribution >= 0.6 is 0 Å². The number of hydrogen-bond acceptors (Lipinski definition) is 20. The van der Waals surface area contributed by atoms with Gasteiger partial charge in [0.2, 0.25) is 0 Å². The third-order valence-corrected chi connectivity index (χ3v) is 11.2. The van der Waals surface area contributed by atoms with Crippen LogP contribution < -0.4 is 20.7 Å². The number of aryl methyl sites for hydroxylation is 2. The lowest BCUT2D eigenvalue weighted by Crippen LogP contribution is -2.56. The summed E-state index contributed by atoms with van der Waals surface area (Å²) in [5.74, 6) is -5.82. The highest BCUT2D eigenvalue weighted by Crippen LogP contribution is 2.24. The lowest BCUT2D eigenvalue weighted by atomic mass is 9.97. The van der Waals surface area contributed by atoms with Crippen molar-refractivity contribution in [3.63, 3.8) is 0 Å². The molecular formula is C40H56F6N10O16. The molecule has 0 radical (unpaired) electrons. The fourth-order valence-corrected chi connectivity index (χ4v) is 7.43. The van der Waals surface area contributed by atoms with E-state index in [0.717, 1.165) is 16.9 Å². The van der Waals surface area contributed by atoms with E-state index in [1.807, 2.05) is 29.0 Å². The van der Waals surface area contributed by atoms with Crippen molar-refractivity contribution in [3.05, 3.63) is 41.5 Å². The molecule has 3 aromatic heterocycles. The number of piperidine rings is 1. The fourth-order valence-electron chi connectivity index (χ4n) is 7.43. The van der Waals surface area contributed by atoms with Crippen molar-refractivity contribution in [2.24, 2.45) is 0 Å². The summed E-state index contributed by atoms with van der Waals surface area (Å²) in [6.45, 7) is 2.99. The molecule has 404 valence electrons. The summed E-state index contributed by atoms with van der Waals surface area (Å²) in [6.07, 6.45) is -22.8. The number of halogens is 6. The summed E-state index contributed by atoms with van der Waals surface area (Å²) in [6, 6.07) is 4.90. The van der Waals surface area contributed by atoms with Gasteiger partial charge >= 0.3 is 18.3 Å². The van der Waals surface area contributed by atoms with Gasteiger partial charge in [-0.3, -0.25) is 19.6 Å². The molecule has 4 heterocycles. The van der Waals surface area contributed by atoms with Crippen LogP contribution in [0.2, 0.25) is 0 Å². The molecule has 26 nitrogen and oxygen atoms in total. The molecule has 0 unspecified atom stereocenters. The number of fused-ring (bicyclic) bond motifs is 2. The van der Waals surface area contributed by atoms with Crippen LogP contribution in [-0.4, -0.2) is 221 Å². The smallest absolute Gasteiger partial charge is 0.490 e. The molecule has 1 aliphatic heterocycles. The van der Waals surface area contributed by atoms with Crippen LogP contribution in [0.25, 0.3) is 22.2 Å². The molecule has 1 aliphatic rings. The second-order valence-electron chi connectivity index (χ2n) is 16.0. The van der Waals surface area contributed by atoms with Gasteiger partial charge in [0.25, 0.3) is 17.6 Å². The van der Waals surface area contributed by atoms with Crippen molar-refractivity contribution in [3.8, 4) is 0 Å². The molecule has 2 amide bonds. The zero-order valence-electron chi connectivity index (χ0n) is 38.2. The molecule has 0 saturated carbocycles. The fraction of sp³-hybridized carbons (Fsp3) is 0.600. The van der Waals surface area contributed by atoms with E-state index in [9.17, 15) is 87.0 Å². The summed E-state index contributed by atoms with van der Waals surface area (Å²) in [4.78, 5) is 56.4. The van der Waals surface area contributed by atoms with Crippen molar-refractivity contribution in [1.82, 2.24) is 39.8 Å². The topological polar surface area (TPSA) is 422 Å². The number of aliphatic hydroxyl groups excluding tert-OH is 10. The number of aromatic amines is 1. The number of carboxylic acid groups (broad SMARTS) is 2. The quantitative estimate of drug-likeness (QED) is 0.0308. The molecular weight excluding hydrogens is 990 g/mol. The van der Waals surface area contributed by atoms with Gasteiger partial charge in [-0.15, -0.1) is 0 Å². The second-order valence-corrected chi connectivity index (χ2v) is 16.0. The van der Waals surface area contributed by atoms with E-state index in [-0.39, 0.29) is 37.1 Å². The molecule has 8 atom stereocenters. The Balaban J connectivity index is 0.000000853.